The van der Waals surface area contributed by atoms with Gasteiger partial charge in [-0.1, -0.05) is 41.4 Å². The number of ether oxygens (including phenoxy) is 1. The van der Waals surface area contributed by atoms with Gasteiger partial charge < -0.3 is 19.8 Å². The number of fused-ring (bicyclic) bond motifs is 4. The van der Waals surface area contributed by atoms with Crippen molar-refractivity contribution in [3.63, 3.8) is 0 Å². The van der Waals surface area contributed by atoms with Crippen LogP contribution < -0.4 is 15.0 Å². The maximum atomic E-state index is 6.67. The fourth-order valence-corrected chi connectivity index (χ4v) is 4.21. The Hall–Kier alpha value is -3.38. The fourth-order valence-electron chi connectivity index (χ4n) is 4.21. The summed E-state index contributed by atoms with van der Waals surface area (Å²) in [6.45, 7) is 1.77. The van der Waals surface area contributed by atoms with Gasteiger partial charge in [0.25, 0.3) is 0 Å². The highest BCUT2D eigenvalue weighted by atomic mass is 16.5. The molecule has 6 nitrogen and oxygen atoms in total. The summed E-state index contributed by atoms with van der Waals surface area (Å²) in [7, 11) is 4.14. The number of hydrogen-bond donors (Lipinski definition) is 1. The Morgan fingerprint density at radius 2 is 1.97 bits per heavy atom. The van der Waals surface area contributed by atoms with E-state index >= 15 is 0 Å². The highest BCUT2D eigenvalue weighted by molar-refractivity contribution is 5.91. The molecular weight excluding hydrogens is 376 g/mol. The predicted molar refractivity (Wildman–Crippen MR) is 116 cm³/mol. The van der Waals surface area contributed by atoms with Gasteiger partial charge in [-0.25, -0.2) is 4.57 Å². The van der Waals surface area contributed by atoms with Crippen LogP contribution in [-0.2, 0) is 6.54 Å². The Bertz CT molecular complexity index is 1200. The Morgan fingerprint density at radius 3 is 2.77 bits per heavy atom. The highest BCUT2D eigenvalue weighted by Crippen LogP contribution is 2.50. The van der Waals surface area contributed by atoms with Crippen molar-refractivity contribution < 1.29 is 13.7 Å². The van der Waals surface area contributed by atoms with Crippen LogP contribution in [0, 0.1) is 0 Å². The van der Waals surface area contributed by atoms with Crippen LogP contribution in [0.2, 0.25) is 0 Å². The van der Waals surface area contributed by atoms with E-state index in [1.54, 1.807) is 12.6 Å². The summed E-state index contributed by atoms with van der Waals surface area (Å²) in [5.74, 6) is 2.69. The number of aromatic nitrogens is 2. The molecule has 0 saturated carbocycles. The maximum Gasteiger partial charge on any atom is 0.306 e. The molecule has 0 bridgehead atoms. The lowest BCUT2D eigenvalue weighted by Crippen LogP contribution is -2.40. The van der Waals surface area contributed by atoms with E-state index < -0.39 is 0 Å². The van der Waals surface area contributed by atoms with E-state index in [9.17, 15) is 0 Å². The number of rotatable bonds is 5. The molecule has 6 heteroatoms. The molecule has 0 aliphatic carbocycles. The van der Waals surface area contributed by atoms with Crippen LogP contribution in [0.1, 0.15) is 29.2 Å². The van der Waals surface area contributed by atoms with E-state index in [1.807, 2.05) is 28.8 Å². The second-order valence-electron chi connectivity index (χ2n) is 7.95. The van der Waals surface area contributed by atoms with Gasteiger partial charge in [-0.3, -0.25) is 0 Å². The van der Waals surface area contributed by atoms with Gasteiger partial charge in [0, 0.05) is 17.5 Å². The second kappa shape index (κ2) is 7.46. The third-order valence-corrected chi connectivity index (χ3v) is 5.67. The first-order chi connectivity index (χ1) is 14.6. The fraction of sp³-hybridized carbons (Fsp3) is 0.250. The first kappa shape index (κ1) is 18.6. The Kier molecular flexibility index (Phi) is 4.64. The van der Waals surface area contributed by atoms with Crippen molar-refractivity contribution in [3.8, 4) is 11.6 Å². The third kappa shape index (κ3) is 3.09. The zero-order valence-electron chi connectivity index (χ0n) is 17.2. The van der Waals surface area contributed by atoms with Crippen molar-refractivity contribution >= 4 is 16.6 Å². The van der Waals surface area contributed by atoms with E-state index in [1.165, 1.54) is 0 Å². The number of hydrogen-bond acceptors (Lipinski definition) is 5. The quantitative estimate of drug-likeness (QED) is 0.452. The molecule has 2 aromatic heterocycles. The average Bonchev–Trinajstić information content (AvgIpc) is 3.28. The minimum atomic E-state index is -0.169. The number of furan rings is 1. The standard InChI is InChI=1S/C24H24N4O2/c1-27(2)12-6-13-28-15-26-24-21(23(28)25)20(19-9-5-14-29-19)18-11-10-16-7-3-4-8-17(16)22(18)30-24/h3-5,7-11,14-15,20,25H,6,12-13H2,1-2H3/p+1/t20-/m0/s1. The van der Waals surface area contributed by atoms with Gasteiger partial charge >= 0.3 is 5.88 Å². The van der Waals surface area contributed by atoms with Crippen molar-refractivity contribution in [2.24, 2.45) is 0 Å². The lowest BCUT2D eigenvalue weighted by molar-refractivity contribution is -0.686. The van der Waals surface area contributed by atoms with Crippen molar-refractivity contribution in [3.05, 3.63) is 78.0 Å². The summed E-state index contributed by atoms with van der Waals surface area (Å²) >= 11 is 0. The van der Waals surface area contributed by atoms with Gasteiger partial charge in [0.15, 0.2) is 0 Å². The van der Waals surface area contributed by atoms with Gasteiger partial charge in [-0.15, -0.1) is 0 Å². The predicted octanol–water partition coefficient (Wildman–Crippen LogP) is 3.94. The molecule has 1 aliphatic rings. The number of nitrogens with two attached hydrogens (primary N) is 1. The number of benzene rings is 2. The molecule has 0 fully saturated rings. The molecule has 152 valence electrons. The van der Waals surface area contributed by atoms with E-state index in [0.717, 1.165) is 52.9 Å². The minimum Gasteiger partial charge on any atom is -0.468 e. The van der Waals surface area contributed by atoms with Crippen molar-refractivity contribution in [1.82, 2.24) is 9.88 Å². The molecule has 0 radical (unpaired) electrons. The molecule has 1 aliphatic heterocycles. The highest BCUT2D eigenvalue weighted by Gasteiger charge is 2.38. The topological polar surface area (TPSA) is 68.4 Å². The number of nitrogen functional groups attached to an aromatic ring is 1. The van der Waals surface area contributed by atoms with Crippen LogP contribution in [0.4, 0.5) is 5.82 Å². The van der Waals surface area contributed by atoms with Gasteiger partial charge in [-0.05, 0) is 38.0 Å². The molecule has 2 N–H and O–H groups in total. The van der Waals surface area contributed by atoms with Crippen LogP contribution in [0.15, 0.2) is 65.5 Å². The molecule has 30 heavy (non-hydrogen) atoms. The van der Waals surface area contributed by atoms with Crippen molar-refractivity contribution in [1.29, 1.82) is 0 Å². The molecule has 2 aromatic carbocycles. The number of nitrogens with zero attached hydrogens (tertiary/aromatic N) is 3. The van der Waals surface area contributed by atoms with Crippen LogP contribution in [0.25, 0.3) is 10.8 Å². The minimum absolute atomic E-state index is 0.169. The van der Waals surface area contributed by atoms with E-state index in [4.69, 9.17) is 14.9 Å². The van der Waals surface area contributed by atoms with E-state index in [2.05, 4.69) is 48.2 Å². The van der Waals surface area contributed by atoms with Crippen LogP contribution in [-0.4, -0.2) is 30.5 Å². The monoisotopic (exact) mass is 401 g/mol. The van der Waals surface area contributed by atoms with Crippen molar-refractivity contribution in [2.75, 3.05) is 26.4 Å². The normalized spacial score (nSPS) is 15.1. The van der Waals surface area contributed by atoms with Gasteiger partial charge in [0.1, 0.15) is 17.1 Å². The lowest BCUT2D eigenvalue weighted by atomic mass is 9.86. The summed E-state index contributed by atoms with van der Waals surface area (Å²) < 4.78 is 14.2. The Labute approximate surface area is 175 Å². The molecule has 1 atom stereocenters. The smallest absolute Gasteiger partial charge is 0.306 e. The summed E-state index contributed by atoms with van der Waals surface area (Å²) in [5, 5.41) is 2.18. The van der Waals surface area contributed by atoms with Gasteiger partial charge in [0.05, 0.1) is 18.7 Å². The first-order valence-electron chi connectivity index (χ1n) is 10.2. The lowest BCUT2D eigenvalue weighted by Gasteiger charge is -2.26. The molecule has 3 heterocycles. The SMILES string of the molecule is CN(C)CCC[n+]1cnc2c(c1N)[C@H](c1ccco1)c1ccc3ccccc3c1O2. The molecule has 5 rings (SSSR count). The maximum absolute atomic E-state index is 6.67. The zero-order chi connectivity index (χ0) is 20.7. The van der Waals surface area contributed by atoms with Crippen molar-refractivity contribution in [2.45, 2.75) is 18.9 Å². The summed E-state index contributed by atoms with van der Waals surface area (Å²) in [4.78, 5) is 6.81. The Balaban J connectivity index is 1.66. The number of aryl methyl sites for hydroxylation is 1. The molecule has 0 amide bonds. The molecule has 0 unspecified atom stereocenters. The summed E-state index contributed by atoms with van der Waals surface area (Å²) in [6, 6.07) is 16.3. The zero-order valence-corrected chi connectivity index (χ0v) is 17.2. The first-order valence-corrected chi connectivity index (χ1v) is 10.2. The average molecular weight is 401 g/mol. The largest absolute Gasteiger partial charge is 0.468 e. The number of anilines is 1. The van der Waals surface area contributed by atoms with Crippen LogP contribution >= 0.6 is 0 Å². The summed E-state index contributed by atoms with van der Waals surface area (Å²) in [6.07, 6.45) is 4.46. The van der Waals surface area contributed by atoms with Gasteiger partial charge in [-0.2, -0.15) is 0 Å². The third-order valence-electron chi connectivity index (χ3n) is 5.67. The molecule has 0 saturated heterocycles. The van der Waals surface area contributed by atoms with Gasteiger partial charge in [0.2, 0.25) is 12.1 Å². The molecule has 0 spiro atoms. The van der Waals surface area contributed by atoms with E-state index in [-0.39, 0.29) is 5.92 Å². The van der Waals surface area contributed by atoms with Crippen LogP contribution in [0.3, 0.4) is 0 Å². The molecular formula is C24H25N4O2+. The van der Waals surface area contributed by atoms with Crippen LogP contribution in [0.5, 0.6) is 11.6 Å². The Morgan fingerprint density at radius 1 is 1.10 bits per heavy atom. The summed E-state index contributed by atoms with van der Waals surface area (Å²) in [5.41, 5.74) is 8.57. The van der Waals surface area contributed by atoms with E-state index in [0.29, 0.717) is 11.7 Å². The molecule has 4 aromatic rings. The second-order valence-corrected chi connectivity index (χ2v) is 7.95.